The molecule has 2 saturated carbocycles. The lowest BCUT2D eigenvalue weighted by molar-refractivity contribution is -0.140. The Morgan fingerprint density at radius 1 is 1.09 bits per heavy atom. The number of nitrogens with one attached hydrogen (secondary N) is 2. The fourth-order valence-electron chi connectivity index (χ4n) is 4.66. The standard InChI is InChI=1S/C27H30F3N3O/c1-3-4-5-8-17(2)21-15-22(21)26(34)32-19-13-11-18(12-14-19)31-24-16-25(27(28,29)30)33-23-10-7-6-9-20(23)24/h3-10,16,18-19,21-22H,2,11-15H2,1H3,(H,31,33)(H,32,34)/b4-3-,8-5-/t18?,19?,21-,22+/m1/s1. The van der Waals surface area contributed by atoms with E-state index in [4.69, 9.17) is 0 Å². The van der Waals surface area contributed by atoms with E-state index < -0.39 is 11.9 Å². The number of aromatic nitrogens is 1. The second-order valence-electron chi connectivity index (χ2n) is 9.18. The molecule has 34 heavy (non-hydrogen) atoms. The number of hydrogen-bond donors (Lipinski definition) is 2. The molecule has 2 aliphatic rings. The van der Waals surface area contributed by atoms with Gasteiger partial charge in [-0.15, -0.1) is 0 Å². The van der Waals surface area contributed by atoms with Crippen LogP contribution in [-0.4, -0.2) is 23.0 Å². The molecule has 0 radical (unpaired) electrons. The summed E-state index contributed by atoms with van der Waals surface area (Å²) in [4.78, 5) is 16.4. The maximum atomic E-state index is 13.3. The highest BCUT2D eigenvalue weighted by atomic mass is 19.4. The van der Waals surface area contributed by atoms with Crippen molar-refractivity contribution in [3.8, 4) is 0 Å². The third-order valence-corrected chi connectivity index (χ3v) is 6.66. The van der Waals surface area contributed by atoms with Crippen LogP contribution in [0.3, 0.4) is 0 Å². The van der Waals surface area contributed by atoms with Gasteiger partial charge in [-0.25, -0.2) is 4.98 Å². The second-order valence-corrected chi connectivity index (χ2v) is 9.18. The Labute approximate surface area is 198 Å². The van der Waals surface area contributed by atoms with Crippen molar-refractivity contribution in [1.29, 1.82) is 0 Å². The Bertz CT molecular complexity index is 1110. The highest BCUT2D eigenvalue weighted by Crippen LogP contribution is 2.44. The Balaban J connectivity index is 1.32. The molecule has 2 aliphatic carbocycles. The number of para-hydroxylation sites is 1. The molecule has 1 aromatic carbocycles. The molecule has 1 amide bonds. The number of allylic oxidation sites excluding steroid dienone is 5. The Hall–Kier alpha value is -3.09. The molecule has 0 saturated heterocycles. The smallest absolute Gasteiger partial charge is 0.382 e. The average Bonchev–Trinajstić information content (AvgIpc) is 3.61. The van der Waals surface area contributed by atoms with Crippen LogP contribution in [0.1, 0.15) is 44.7 Å². The molecule has 180 valence electrons. The fraction of sp³-hybridized carbons (Fsp3) is 0.407. The molecule has 1 aromatic heterocycles. The first-order chi connectivity index (χ1) is 16.3. The van der Waals surface area contributed by atoms with Crippen molar-refractivity contribution in [2.75, 3.05) is 5.32 Å². The van der Waals surface area contributed by atoms with E-state index in [0.29, 0.717) is 16.6 Å². The van der Waals surface area contributed by atoms with Crippen LogP contribution in [0.15, 0.2) is 66.8 Å². The molecule has 2 N–H and O–H groups in total. The quantitative estimate of drug-likeness (QED) is 0.460. The van der Waals surface area contributed by atoms with Gasteiger partial charge in [0.2, 0.25) is 5.91 Å². The Morgan fingerprint density at radius 3 is 2.50 bits per heavy atom. The summed E-state index contributed by atoms with van der Waals surface area (Å²) in [7, 11) is 0. The lowest BCUT2D eigenvalue weighted by Crippen LogP contribution is -2.41. The number of fused-ring (bicyclic) bond motifs is 1. The predicted octanol–water partition coefficient (Wildman–Crippen LogP) is 6.42. The number of halogens is 3. The first-order valence-corrected chi connectivity index (χ1v) is 11.8. The van der Waals surface area contributed by atoms with E-state index in [9.17, 15) is 18.0 Å². The summed E-state index contributed by atoms with van der Waals surface area (Å²) in [5.41, 5.74) is 0.863. The number of benzene rings is 1. The molecule has 0 spiro atoms. The van der Waals surface area contributed by atoms with Crippen molar-refractivity contribution in [2.45, 2.75) is 57.3 Å². The summed E-state index contributed by atoms with van der Waals surface area (Å²) >= 11 is 0. The highest BCUT2D eigenvalue weighted by molar-refractivity contribution is 5.91. The van der Waals surface area contributed by atoms with Gasteiger partial charge in [0.15, 0.2) is 0 Å². The zero-order chi connectivity index (χ0) is 24.3. The Kier molecular flexibility index (Phi) is 7.10. The largest absolute Gasteiger partial charge is 0.433 e. The van der Waals surface area contributed by atoms with Gasteiger partial charge in [0.1, 0.15) is 5.69 Å². The van der Waals surface area contributed by atoms with E-state index in [1.807, 2.05) is 31.2 Å². The topological polar surface area (TPSA) is 54.0 Å². The summed E-state index contributed by atoms with van der Waals surface area (Å²) in [5.74, 6) is 0.279. The van der Waals surface area contributed by atoms with Crippen LogP contribution in [0.25, 0.3) is 10.9 Å². The third-order valence-electron chi connectivity index (χ3n) is 6.66. The lowest BCUT2D eigenvalue weighted by atomic mass is 9.90. The van der Waals surface area contributed by atoms with Crippen LogP contribution in [0, 0.1) is 11.8 Å². The van der Waals surface area contributed by atoms with Gasteiger partial charge < -0.3 is 10.6 Å². The van der Waals surface area contributed by atoms with Crippen LogP contribution < -0.4 is 10.6 Å². The molecule has 0 bridgehead atoms. The van der Waals surface area contributed by atoms with Crippen molar-refractivity contribution in [3.63, 3.8) is 0 Å². The maximum absolute atomic E-state index is 13.3. The Morgan fingerprint density at radius 2 is 1.79 bits per heavy atom. The highest BCUT2D eigenvalue weighted by Gasteiger charge is 2.44. The molecule has 7 heteroatoms. The van der Waals surface area contributed by atoms with E-state index in [2.05, 4.69) is 22.2 Å². The summed E-state index contributed by atoms with van der Waals surface area (Å²) in [5, 5.41) is 7.16. The van der Waals surface area contributed by atoms with E-state index >= 15 is 0 Å². The number of hydrogen-bond acceptors (Lipinski definition) is 3. The van der Waals surface area contributed by atoms with Gasteiger partial charge in [0.05, 0.1) is 5.52 Å². The van der Waals surface area contributed by atoms with E-state index in [-0.39, 0.29) is 29.8 Å². The minimum Gasteiger partial charge on any atom is -0.382 e. The number of pyridine rings is 1. The molecule has 0 unspecified atom stereocenters. The van der Waals surface area contributed by atoms with Gasteiger partial charge in [0.25, 0.3) is 0 Å². The zero-order valence-electron chi connectivity index (χ0n) is 19.2. The van der Waals surface area contributed by atoms with Crippen molar-refractivity contribution in [3.05, 3.63) is 72.5 Å². The van der Waals surface area contributed by atoms with E-state index in [0.717, 1.165) is 43.7 Å². The van der Waals surface area contributed by atoms with Gasteiger partial charge in [0, 0.05) is 29.1 Å². The fourth-order valence-corrected chi connectivity index (χ4v) is 4.66. The van der Waals surface area contributed by atoms with Crippen molar-refractivity contribution < 1.29 is 18.0 Å². The van der Waals surface area contributed by atoms with Crippen molar-refractivity contribution >= 4 is 22.5 Å². The van der Waals surface area contributed by atoms with Crippen molar-refractivity contribution in [2.24, 2.45) is 11.8 Å². The van der Waals surface area contributed by atoms with Crippen LogP contribution in [-0.2, 0) is 11.0 Å². The molecule has 4 nitrogen and oxygen atoms in total. The van der Waals surface area contributed by atoms with Gasteiger partial charge in [-0.3, -0.25) is 4.79 Å². The molecule has 2 fully saturated rings. The number of amides is 1. The molecule has 2 aromatic rings. The first-order valence-electron chi connectivity index (χ1n) is 11.8. The van der Waals surface area contributed by atoms with E-state index in [1.54, 1.807) is 24.3 Å². The number of carbonyl (C=O) groups excluding carboxylic acids is 1. The minimum atomic E-state index is -4.50. The number of anilines is 1. The van der Waals surface area contributed by atoms with Crippen LogP contribution >= 0.6 is 0 Å². The monoisotopic (exact) mass is 469 g/mol. The lowest BCUT2D eigenvalue weighted by Gasteiger charge is -2.31. The summed E-state index contributed by atoms with van der Waals surface area (Å²) in [6, 6.07) is 8.10. The zero-order valence-corrected chi connectivity index (χ0v) is 19.2. The molecule has 4 rings (SSSR count). The van der Waals surface area contributed by atoms with Crippen LogP contribution in [0.2, 0.25) is 0 Å². The molecule has 2 atom stereocenters. The summed E-state index contributed by atoms with van der Waals surface area (Å²) in [6.07, 6.45) is 7.23. The van der Waals surface area contributed by atoms with Crippen molar-refractivity contribution in [1.82, 2.24) is 10.3 Å². The van der Waals surface area contributed by atoms with Crippen LogP contribution in [0.4, 0.5) is 18.9 Å². The summed E-state index contributed by atoms with van der Waals surface area (Å²) in [6.45, 7) is 6.02. The number of nitrogens with zero attached hydrogens (tertiary/aromatic N) is 1. The molecule has 1 heterocycles. The number of alkyl halides is 3. The SMILES string of the molecule is C=C(/C=C\C=C/C)[C@H]1C[C@@H]1C(=O)NC1CCC(Nc2cc(C(F)(F)F)nc3ccccc23)CC1. The first kappa shape index (κ1) is 24.0. The van der Waals surface area contributed by atoms with Gasteiger partial charge >= 0.3 is 6.18 Å². The van der Waals surface area contributed by atoms with Gasteiger partial charge in [-0.05, 0) is 57.1 Å². The third kappa shape index (κ3) is 5.69. The summed E-state index contributed by atoms with van der Waals surface area (Å²) < 4.78 is 40.0. The molecular formula is C27H30F3N3O. The van der Waals surface area contributed by atoms with Gasteiger partial charge in [-0.2, -0.15) is 13.2 Å². The number of carbonyl (C=O) groups is 1. The minimum absolute atomic E-state index is 0.0115. The van der Waals surface area contributed by atoms with Gasteiger partial charge in [-0.1, -0.05) is 54.7 Å². The normalized spacial score (nSPS) is 25.1. The molecular weight excluding hydrogens is 439 g/mol. The van der Waals surface area contributed by atoms with E-state index in [1.165, 1.54) is 0 Å². The maximum Gasteiger partial charge on any atom is 0.433 e. The number of rotatable bonds is 7. The second kappa shape index (κ2) is 10.0. The predicted molar refractivity (Wildman–Crippen MR) is 129 cm³/mol. The van der Waals surface area contributed by atoms with Crippen LogP contribution in [0.5, 0.6) is 0 Å². The molecule has 0 aliphatic heterocycles. The average molecular weight is 470 g/mol.